The minimum Gasteiger partial charge on any atom is -0.460 e. The quantitative estimate of drug-likeness (QED) is 0.318. The van der Waals surface area contributed by atoms with Crippen molar-refractivity contribution in [2.45, 2.75) is 39.3 Å². The highest BCUT2D eigenvalue weighted by molar-refractivity contribution is 5.97. The first-order valence-electron chi connectivity index (χ1n) is 12.6. The van der Waals surface area contributed by atoms with Gasteiger partial charge in [-0.1, -0.05) is 18.2 Å². The van der Waals surface area contributed by atoms with Gasteiger partial charge < -0.3 is 15.4 Å². The number of ether oxygens (including phenoxy) is 1. The van der Waals surface area contributed by atoms with Crippen molar-refractivity contribution in [3.8, 4) is 5.69 Å². The molecule has 0 bridgehead atoms. The lowest BCUT2D eigenvalue weighted by atomic mass is 10.1. The van der Waals surface area contributed by atoms with Crippen LogP contribution in [0.1, 0.15) is 73.2 Å². The molecule has 1 aliphatic carbocycles. The molecule has 0 saturated heterocycles. The summed E-state index contributed by atoms with van der Waals surface area (Å²) in [6.45, 7) is 3.72. The summed E-state index contributed by atoms with van der Waals surface area (Å²) in [6.07, 6.45) is 2.50. The number of carbonyl (C=O) groups excluding carboxylic acids is 3. The second-order valence-electron chi connectivity index (χ2n) is 9.14. The fraction of sp³-hybridized carbons (Fsp3) is 0.259. The fourth-order valence-electron chi connectivity index (χ4n) is 4.50. The summed E-state index contributed by atoms with van der Waals surface area (Å²) < 4.78 is 19.8. The van der Waals surface area contributed by atoms with Gasteiger partial charge in [0.2, 0.25) is 0 Å². The molecule has 204 valence electrons. The Morgan fingerprint density at radius 3 is 2.65 bits per heavy atom. The van der Waals surface area contributed by atoms with E-state index >= 15 is 0 Å². The number of halogens is 1. The number of nitrogens with zero attached hydrogens (tertiary/aromatic N) is 6. The third-order valence-corrected chi connectivity index (χ3v) is 6.49. The van der Waals surface area contributed by atoms with Gasteiger partial charge in [0.05, 0.1) is 18.3 Å². The number of hydrogen-bond donors (Lipinski definition) is 2. The van der Waals surface area contributed by atoms with Gasteiger partial charge in [0.15, 0.2) is 0 Å². The zero-order valence-corrected chi connectivity index (χ0v) is 21.7. The Bertz CT molecular complexity index is 1610. The number of rotatable bonds is 8. The summed E-state index contributed by atoms with van der Waals surface area (Å²) in [6, 6.07) is 11.1. The van der Waals surface area contributed by atoms with Crippen molar-refractivity contribution in [1.82, 2.24) is 40.8 Å². The summed E-state index contributed by atoms with van der Waals surface area (Å²) >= 11 is 0. The Morgan fingerprint density at radius 2 is 1.88 bits per heavy atom. The van der Waals surface area contributed by atoms with Crippen LogP contribution in [0.15, 0.2) is 48.8 Å². The zero-order valence-electron chi connectivity index (χ0n) is 21.7. The minimum absolute atomic E-state index is 0.0268. The lowest BCUT2D eigenvalue weighted by molar-refractivity contribution is 0.0508. The molecule has 2 aromatic heterocycles. The van der Waals surface area contributed by atoms with Crippen LogP contribution in [-0.2, 0) is 17.7 Å². The monoisotopic (exact) mass is 544 g/mol. The van der Waals surface area contributed by atoms with E-state index in [4.69, 9.17) is 4.74 Å². The fourth-order valence-corrected chi connectivity index (χ4v) is 4.50. The standard InChI is InChI=1S/C27H25FN8O4/c1-3-40-27(39)24-33-34-35-36(24)18-6-7-19-17(11-18)5-9-21(19)32-26(38)23-12-22(30-14-31-23)25(37)29-13-16-4-8-20(28)15(2)10-16/h4,6-8,10-12,14,21H,3,5,9,13H2,1-2H3,(H,29,37)(H,32,38)/t21-/m0/s1. The maximum absolute atomic E-state index is 13.5. The highest BCUT2D eigenvalue weighted by Gasteiger charge is 2.27. The van der Waals surface area contributed by atoms with Gasteiger partial charge in [0, 0.05) is 12.6 Å². The van der Waals surface area contributed by atoms with Gasteiger partial charge in [-0.3, -0.25) is 9.59 Å². The second kappa shape index (κ2) is 11.4. The molecule has 2 aromatic carbocycles. The van der Waals surface area contributed by atoms with Crippen LogP contribution in [0.4, 0.5) is 4.39 Å². The van der Waals surface area contributed by atoms with Crippen LogP contribution < -0.4 is 10.6 Å². The van der Waals surface area contributed by atoms with Crippen LogP contribution >= 0.6 is 0 Å². The molecule has 0 unspecified atom stereocenters. The number of aryl methyl sites for hydroxylation is 2. The van der Waals surface area contributed by atoms with Crippen molar-refractivity contribution >= 4 is 17.8 Å². The van der Waals surface area contributed by atoms with Crippen molar-refractivity contribution in [2.24, 2.45) is 0 Å². The van der Waals surface area contributed by atoms with Crippen LogP contribution in [0.5, 0.6) is 0 Å². The molecule has 4 aromatic rings. The van der Waals surface area contributed by atoms with Gasteiger partial charge in [-0.05, 0) is 77.6 Å². The Kier molecular flexibility index (Phi) is 7.53. The Hall–Kier alpha value is -5.07. The first-order valence-corrected chi connectivity index (χ1v) is 12.6. The molecule has 2 N–H and O–H groups in total. The number of aromatic nitrogens is 6. The average molecular weight is 545 g/mol. The molecular formula is C27H25FN8O4. The predicted molar refractivity (Wildman–Crippen MR) is 138 cm³/mol. The van der Waals surface area contributed by atoms with Crippen LogP contribution in [0.3, 0.4) is 0 Å². The first kappa shape index (κ1) is 26.5. The number of fused-ring (bicyclic) bond motifs is 1. The van der Waals surface area contributed by atoms with E-state index in [2.05, 4.69) is 36.1 Å². The summed E-state index contributed by atoms with van der Waals surface area (Å²) in [5, 5.41) is 16.9. The van der Waals surface area contributed by atoms with Crippen LogP contribution in [0.2, 0.25) is 0 Å². The number of amides is 2. The molecular weight excluding hydrogens is 519 g/mol. The van der Waals surface area contributed by atoms with Crippen molar-refractivity contribution in [2.75, 3.05) is 6.61 Å². The van der Waals surface area contributed by atoms with Gasteiger partial charge in [-0.25, -0.2) is 19.2 Å². The number of benzene rings is 2. The molecule has 13 heteroatoms. The molecule has 0 saturated carbocycles. The Labute approximate surface area is 228 Å². The van der Waals surface area contributed by atoms with E-state index in [-0.39, 0.29) is 42.2 Å². The highest BCUT2D eigenvalue weighted by atomic mass is 19.1. The average Bonchev–Trinajstić information content (AvgIpc) is 3.61. The highest BCUT2D eigenvalue weighted by Crippen LogP contribution is 2.32. The molecule has 2 amide bonds. The molecule has 1 atom stereocenters. The van der Waals surface area contributed by atoms with Crippen LogP contribution in [-0.4, -0.2) is 54.6 Å². The normalized spacial score (nSPS) is 13.9. The zero-order chi connectivity index (χ0) is 28.2. The second-order valence-corrected chi connectivity index (χ2v) is 9.14. The van der Waals surface area contributed by atoms with Gasteiger partial charge in [-0.2, -0.15) is 4.68 Å². The minimum atomic E-state index is -0.624. The maximum Gasteiger partial charge on any atom is 0.378 e. The third-order valence-electron chi connectivity index (χ3n) is 6.49. The first-order chi connectivity index (χ1) is 19.3. The van der Waals surface area contributed by atoms with E-state index in [0.717, 1.165) is 23.0 Å². The van der Waals surface area contributed by atoms with Crippen molar-refractivity contribution in [3.05, 3.63) is 94.1 Å². The molecule has 40 heavy (non-hydrogen) atoms. The smallest absolute Gasteiger partial charge is 0.378 e. The van der Waals surface area contributed by atoms with Gasteiger partial charge in [0.1, 0.15) is 23.5 Å². The molecule has 12 nitrogen and oxygen atoms in total. The molecule has 0 fully saturated rings. The van der Waals surface area contributed by atoms with E-state index < -0.39 is 17.8 Å². The molecule has 0 aliphatic heterocycles. The molecule has 2 heterocycles. The van der Waals surface area contributed by atoms with E-state index in [1.807, 2.05) is 12.1 Å². The Morgan fingerprint density at radius 1 is 1.07 bits per heavy atom. The topological polar surface area (TPSA) is 154 Å². The van der Waals surface area contributed by atoms with E-state index in [1.165, 1.54) is 16.8 Å². The number of hydrogen-bond acceptors (Lipinski definition) is 9. The SMILES string of the molecule is CCOC(=O)c1nnnn1-c1ccc2c(c1)CC[C@@H]2NC(=O)c1cc(C(=O)NCc2ccc(F)c(C)c2)ncn1. The summed E-state index contributed by atoms with van der Waals surface area (Å²) in [7, 11) is 0. The third kappa shape index (κ3) is 5.53. The van der Waals surface area contributed by atoms with Gasteiger partial charge in [-0.15, -0.1) is 5.10 Å². The van der Waals surface area contributed by atoms with Crippen LogP contribution in [0, 0.1) is 12.7 Å². The lowest BCUT2D eigenvalue weighted by Gasteiger charge is -2.14. The molecule has 0 spiro atoms. The molecule has 0 radical (unpaired) electrons. The van der Waals surface area contributed by atoms with Crippen molar-refractivity contribution < 1.29 is 23.5 Å². The van der Waals surface area contributed by atoms with E-state index in [9.17, 15) is 18.8 Å². The van der Waals surface area contributed by atoms with Gasteiger partial charge in [0.25, 0.3) is 17.6 Å². The summed E-state index contributed by atoms with van der Waals surface area (Å²) in [5.74, 6) is -1.90. The van der Waals surface area contributed by atoms with E-state index in [1.54, 1.807) is 32.0 Å². The van der Waals surface area contributed by atoms with Crippen molar-refractivity contribution in [3.63, 3.8) is 0 Å². The largest absolute Gasteiger partial charge is 0.460 e. The number of esters is 1. The Balaban J connectivity index is 1.25. The number of tetrazole rings is 1. The van der Waals surface area contributed by atoms with Crippen molar-refractivity contribution in [1.29, 1.82) is 0 Å². The molecule has 5 rings (SSSR count). The summed E-state index contributed by atoms with van der Waals surface area (Å²) in [4.78, 5) is 45.8. The van der Waals surface area contributed by atoms with Gasteiger partial charge >= 0.3 is 5.97 Å². The lowest BCUT2D eigenvalue weighted by Crippen LogP contribution is -2.29. The number of carbonyl (C=O) groups is 3. The summed E-state index contributed by atoms with van der Waals surface area (Å²) in [5.41, 5.74) is 3.80. The van der Waals surface area contributed by atoms with Crippen LogP contribution in [0.25, 0.3) is 5.69 Å². The number of nitrogens with one attached hydrogen (secondary N) is 2. The predicted octanol–water partition coefficient (Wildman–Crippen LogP) is 2.42. The maximum atomic E-state index is 13.5. The van der Waals surface area contributed by atoms with E-state index in [0.29, 0.717) is 24.1 Å². The molecule has 1 aliphatic rings.